The number of ether oxygens (including phenoxy) is 2. The van der Waals surface area contributed by atoms with Crippen molar-refractivity contribution in [3.05, 3.63) is 60.2 Å². The molecule has 0 spiro atoms. The molecule has 178 valence electrons. The van der Waals surface area contributed by atoms with Crippen molar-refractivity contribution in [3.63, 3.8) is 0 Å². The van der Waals surface area contributed by atoms with Crippen LogP contribution in [0.5, 0.6) is 0 Å². The lowest BCUT2D eigenvalue weighted by atomic mass is 10.0. The molecule has 2 aromatic carbocycles. The third-order valence-electron chi connectivity index (χ3n) is 6.49. The van der Waals surface area contributed by atoms with Gasteiger partial charge in [-0.1, -0.05) is 30.3 Å². The van der Waals surface area contributed by atoms with E-state index in [1.54, 1.807) is 0 Å². The lowest BCUT2D eigenvalue weighted by molar-refractivity contribution is -0.116. The summed E-state index contributed by atoms with van der Waals surface area (Å²) in [6.45, 7) is 5.05. The summed E-state index contributed by atoms with van der Waals surface area (Å²) in [6, 6.07) is 19.2. The van der Waals surface area contributed by atoms with E-state index in [-0.39, 0.29) is 12.0 Å². The summed E-state index contributed by atoms with van der Waals surface area (Å²) in [7, 11) is 0. The van der Waals surface area contributed by atoms with Crippen molar-refractivity contribution in [2.24, 2.45) is 0 Å². The molecular weight excluding hydrogens is 414 g/mol. The number of benzene rings is 2. The van der Waals surface area contributed by atoms with Gasteiger partial charge in [-0.25, -0.2) is 0 Å². The van der Waals surface area contributed by atoms with Gasteiger partial charge < -0.3 is 25.0 Å². The number of hydrogen-bond donors (Lipinski definition) is 2. The van der Waals surface area contributed by atoms with Crippen LogP contribution in [0.3, 0.4) is 0 Å². The number of nitrogens with one attached hydrogen (secondary N) is 2. The van der Waals surface area contributed by atoms with E-state index in [0.29, 0.717) is 32.3 Å². The van der Waals surface area contributed by atoms with Crippen LogP contribution in [0.4, 0.5) is 11.4 Å². The van der Waals surface area contributed by atoms with Gasteiger partial charge in [-0.05, 0) is 61.9 Å². The molecule has 6 heteroatoms. The summed E-state index contributed by atoms with van der Waals surface area (Å²) in [5.41, 5.74) is 3.43. The molecule has 2 N–H and O–H groups in total. The van der Waals surface area contributed by atoms with Crippen LogP contribution >= 0.6 is 0 Å². The fraction of sp³-hybridized carbons (Fsp3) is 0.519. The van der Waals surface area contributed by atoms with Gasteiger partial charge >= 0.3 is 0 Å². The number of carbonyl (C=O) groups excluding carboxylic acids is 1. The number of aryl methyl sites for hydroxylation is 1. The zero-order valence-electron chi connectivity index (χ0n) is 19.5. The zero-order chi connectivity index (χ0) is 22.7. The molecule has 6 nitrogen and oxygen atoms in total. The minimum Gasteiger partial charge on any atom is -0.376 e. The predicted molar refractivity (Wildman–Crippen MR) is 133 cm³/mol. The van der Waals surface area contributed by atoms with Crippen LogP contribution < -0.4 is 15.5 Å². The Morgan fingerprint density at radius 1 is 0.970 bits per heavy atom. The van der Waals surface area contributed by atoms with E-state index >= 15 is 0 Å². The van der Waals surface area contributed by atoms with Crippen molar-refractivity contribution in [3.8, 4) is 0 Å². The van der Waals surface area contributed by atoms with Crippen LogP contribution in [-0.2, 0) is 20.7 Å². The van der Waals surface area contributed by atoms with Gasteiger partial charge in [0.25, 0.3) is 0 Å². The molecule has 2 aliphatic heterocycles. The van der Waals surface area contributed by atoms with Crippen molar-refractivity contribution in [2.75, 3.05) is 49.7 Å². The van der Waals surface area contributed by atoms with Crippen LogP contribution in [0, 0.1) is 0 Å². The number of carbonyl (C=O) groups is 1. The number of anilines is 2. The van der Waals surface area contributed by atoms with Gasteiger partial charge in [0.05, 0.1) is 25.9 Å². The molecule has 0 bridgehead atoms. The fourth-order valence-corrected chi connectivity index (χ4v) is 4.53. The summed E-state index contributed by atoms with van der Waals surface area (Å²) in [6.07, 6.45) is 5.95. The van der Waals surface area contributed by atoms with E-state index < -0.39 is 0 Å². The average molecular weight is 452 g/mol. The molecule has 2 fully saturated rings. The fourth-order valence-electron chi connectivity index (χ4n) is 4.53. The standard InChI is InChI=1S/C27H37N3O3/c31-27(9-5-4-8-22-6-2-1-3-7-22)29-24-10-12-25(13-11-24)30-16-14-23(15-17-30)28-20-26-21-32-18-19-33-26/h1-3,6-7,10-13,23,26,28H,4-5,8-9,14-21H2,(H,29,31). The second kappa shape index (κ2) is 12.7. The molecule has 0 aromatic heterocycles. The topological polar surface area (TPSA) is 62.8 Å². The molecule has 2 aliphatic rings. The number of amides is 1. The summed E-state index contributed by atoms with van der Waals surface area (Å²) < 4.78 is 11.2. The highest BCUT2D eigenvalue weighted by atomic mass is 16.6. The molecule has 0 saturated carbocycles. The Morgan fingerprint density at radius 2 is 1.76 bits per heavy atom. The number of hydrogen-bond acceptors (Lipinski definition) is 5. The van der Waals surface area contributed by atoms with Crippen molar-refractivity contribution >= 4 is 17.3 Å². The van der Waals surface area contributed by atoms with E-state index in [1.165, 1.54) is 11.3 Å². The Hall–Kier alpha value is -2.41. The molecule has 33 heavy (non-hydrogen) atoms. The van der Waals surface area contributed by atoms with Gasteiger partial charge in [-0.3, -0.25) is 4.79 Å². The van der Waals surface area contributed by atoms with Gasteiger partial charge in [0.1, 0.15) is 0 Å². The smallest absolute Gasteiger partial charge is 0.224 e. The molecule has 1 amide bonds. The maximum absolute atomic E-state index is 12.3. The van der Waals surface area contributed by atoms with E-state index in [2.05, 4.69) is 51.9 Å². The van der Waals surface area contributed by atoms with Gasteiger partial charge in [0.15, 0.2) is 0 Å². The summed E-state index contributed by atoms with van der Waals surface area (Å²) in [5, 5.41) is 6.68. The number of piperidine rings is 1. The maximum Gasteiger partial charge on any atom is 0.224 e. The minimum atomic E-state index is 0.0926. The highest BCUT2D eigenvalue weighted by Gasteiger charge is 2.21. The first-order chi connectivity index (χ1) is 16.3. The molecule has 2 heterocycles. The van der Waals surface area contributed by atoms with Crippen LogP contribution in [0.15, 0.2) is 54.6 Å². The average Bonchev–Trinajstić information content (AvgIpc) is 2.87. The minimum absolute atomic E-state index is 0.0926. The second-order valence-electron chi connectivity index (χ2n) is 9.03. The number of nitrogens with zero attached hydrogens (tertiary/aromatic N) is 1. The normalized spacial score (nSPS) is 19.4. The Kier molecular flexibility index (Phi) is 9.16. The molecule has 2 aromatic rings. The van der Waals surface area contributed by atoms with Crippen LogP contribution in [0.1, 0.15) is 37.7 Å². The SMILES string of the molecule is O=C(CCCCc1ccccc1)Nc1ccc(N2CCC(NCC3COCCO3)CC2)cc1. The first-order valence-corrected chi connectivity index (χ1v) is 12.4. The van der Waals surface area contributed by atoms with Crippen molar-refractivity contribution in [1.82, 2.24) is 5.32 Å². The van der Waals surface area contributed by atoms with Crippen molar-refractivity contribution < 1.29 is 14.3 Å². The van der Waals surface area contributed by atoms with Gasteiger partial charge in [-0.2, -0.15) is 0 Å². The monoisotopic (exact) mass is 451 g/mol. The lowest BCUT2D eigenvalue weighted by Crippen LogP contribution is -2.46. The first kappa shape index (κ1) is 23.7. The van der Waals surface area contributed by atoms with E-state index in [1.807, 2.05) is 18.2 Å². The maximum atomic E-state index is 12.3. The molecular formula is C27H37N3O3. The third kappa shape index (κ3) is 7.84. The first-order valence-electron chi connectivity index (χ1n) is 12.4. The zero-order valence-corrected chi connectivity index (χ0v) is 19.5. The quantitative estimate of drug-likeness (QED) is 0.535. The molecule has 0 radical (unpaired) electrons. The molecule has 2 saturated heterocycles. The lowest BCUT2D eigenvalue weighted by Gasteiger charge is -2.35. The largest absolute Gasteiger partial charge is 0.376 e. The highest BCUT2D eigenvalue weighted by Crippen LogP contribution is 2.22. The van der Waals surface area contributed by atoms with Crippen molar-refractivity contribution in [1.29, 1.82) is 0 Å². The van der Waals surface area contributed by atoms with Crippen LogP contribution in [0.25, 0.3) is 0 Å². The van der Waals surface area contributed by atoms with Crippen LogP contribution in [0.2, 0.25) is 0 Å². The van der Waals surface area contributed by atoms with Gasteiger partial charge in [0.2, 0.25) is 5.91 Å². The van der Waals surface area contributed by atoms with E-state index in [0.717, 1.165) is 57.4 Å². The summed E-state index contributed by atoms with van der Waals surface area (Å²) >= 11 is 0. The summed E-state index contributed by atoms with van der Waals surface area (Å²) in [4.78, 5) is 14.7. The third-order valence-corrected chi connectivity index (χ3v) is 6.49. The molecule has 0 aliphatic carbocycles. The molecule has 1 atom stereocenters. The Bertz CT molecular complexity index is 829. The number of rotatable bonds is 10. The van der Waals surface area contributed by atoms with Gasteiger partial charge in [-0.15, -0.1) is 0 Å². The second-order valence-corrected chi connectivity index (χ2v) is 9.03. The van der Waals surface area contributed by atoms with Gasteiger partial charge in [0, 0.05) is 43.5 Å². The predicted octanol–water partition coefficient (Wildman–Crippen LogP) is 4.01. The Balaban J connectivity index is 1.12. The van der Waals surface area contributed by atoms with E-state index in [9.17, 15) is 4.79 Å². The number of unbranched alkanes of at least 4 members (excludes halogenated alkanes) is 1. The Morgan fingerprint density at radius 3 is 2.48 bits per heavy atom. The van der Waals surface area contributed by atoms with E-state index in [4.69, 9.17) is 9.47 Å². The van der Waals surface area contributed by atoms with Crippen LogP contribution in [-0.4, -0.2) is 57.5 Å². The summed E-state index contributed by atoms with van der Waals surface area (Å²) in [5.74, 6) is 0.0926. The highest BCUT2D eigenvalue weighted by molar-refractivity contribution is 5.90. The molecule has 1 unspecified atom stereocenters. The van der Waals surface area contributed by atoms with Crippen molar-refractivity contribution in [2.45, 2.75) is 50.7 Å². The molecule has 4 rings (SSSR count). The Labute approximate surface area is 197 Å².